The van der Waals surface area contributed by atoms with Gasteiger partial charge in [0.25, 0.3) is 0 Å². The summed E-state index contributed by atoms with van der Waals surface area (Å²) in [6.45, 7) is 0.780. The predicted octanol–water partition coefficient (Wildman–Crippen LogP) is -0.0498. The largest absolute Gasteiger partial charge is 0.323 e. The molecule has 0 radical (unpaired) electrons. The number of rotatable bonds is 6. The molecular weight excluding hydrogens is 368 g/mol. The molecular formula is C14H20N4O5S2. The minimum Gasteiger partial charge on any atom is -0.306 e. The number of piperidine rings is 1. The molecule has 2 heterocycles. The molecule has 1 aromatic carbocycles. The third-order valence-corrected chi connectivity index (χ3v) is 7.49. The zero-order chi connectivity index (χ0) is 18.1. The molecule has 0 amide bonds. The maximum absolute atomic E-state index is 12.3. The Morgan fingerprint density at radius 2 is 1.68 bits per heavy atom. The molecule has 9 nitrogen and oxygen atoms in total. The first-order chi connectivity index (χ1) is 11.8. The van der Waals surface area contributed by atoms with Crippen LogP contribution in [0.15, 0.2) is 27.9 Å². The summed E-state index contributed by atoms with van der Waals surface area (Å²) in [6, 6.07) is 4.16. The summed E-state index contributed by atoms with van der Waals surface area (Å²) in [5.74, 6) is -0.282. The third-order valence-electron chi connectivity index (χ3n) is 4.16. The van der Waals surface area contributed by atoms with Crippen molar-refractivity contribution in [3.63, 3.8) is 0 Å². The van der Waals surface area contributed by atoms with E-state index in [1.807, 2.05) is 0 Å². The highest BCUT2D eigenvalue weighted by atomic mass is 32.2. The molecule has 1 aliphatic rings. The Balaban J connectivity index is 1.67. The fourth-order valence-electron chi connectivity index (χ4n) is 2.84. The van der Waals surface area contributed by atoms with Gasteiger partial charge in [0.1, 0.15) is 0 Å². The van der Waals surface area contributed by atoms with E-state index in [0.717, 1.165) is 19.3 Å². The van der Waals surface area contributed by atoms with Gasteiger partial charge in [-0.25, -0.2) is 30.7 Å². The lowest BCUT2D eigenvalue weighted by atomic mass is 10.2. The summed E-state index contributed by atoms with van der Waals surface area (Å²) in [7, 11) is -7.33. The van der Waals surface area contributed by atoms with Gasteiger partial charge in [0.2, 0.25) is 20.0 Å². The summed E-state index contributed by atoms with van der Waals surface area (Å²) >= 11 is 0. The van der Waals surface area contributed by atoms with Gasteiger partial charge in [-0.1, -0.05) is 6.42 Å². The highest BCUT2D eigenvalue weighted by Gasteiger charge is 2.24. The molecule has 0 bridgehead atoms. The van der Waals surface area contributed by atoms with Gasteiger partial charge in [-0.05, 0) is 31.0 Å². The van der Waals surface area contributed by atoms with Crippen molar-refractivity contribution in [2.45, 2.75) is 24.2 Å². The highest BCUT2D eigenvalue weighted by molar-refractivity contribution is 7.90. The lowest BCUT2D eigenvalue weighted by Gasteiger charge is -2.25. The number of fused-ring (bicyclic) bond motifs is 1. The number of imidazole rings is 1. The van der Waals surface area contributed by atoms with Crippen LogP contribution in [0.1, 0.15) is 19.3 Å². The average Bonchev–Trinajstić information content (AvgIpc) is 2.94. The van der Waals surface area contributed by atoms with Crippen molar-refractivity contribution in [2.75, 3.05) is 25.4 Å². The van der Waals surface area contributed by atoms with Crippen molar-refractivity contribution in [1.82, 2.24) is 19.0 Å². The second kappa shape index (κ2) is 6.90. The van der Waals surface area contributed by atoms with Gasteiger partial charge in [-0.15, -0.1) is 0 Å². The number of hydrogen-bond acceptors (Lipinski definition) is 5. The van der Waals surface area contributed by atoms with Crippen LogP contribution in [0.3, 0.4) is 0 Å². The first-order valence-corrected chi connectivity index (χ1v) is 11.1. The first-order valence-electron chi connectivity index (χ1n) is 7.97. The summed E-state index contributed by atoms with van der Waals surface area (Å²) < 4.78 is 52.8. The zero-order valence-corrected chi connectivity index (χ0v) is 15.1. The topological polar surface area (TPSA) is 132 Å². The molecule has 1 aromatic heterocycles. The van der Waals surface area contributed by atoms with Crippen molar-refractivity contribution >= 4 is 31.1 Å². The Morgan fingerprint density at radius 1 is 1.00 bits per heavy atom. The van der Waals surface area contributed by atoms with Gasteiger partial charge < -0.3 is 9.97 Å². The molecule has 1 saturated heterocycles. The molecule has 0 aliphatic carbocycles. The van der Waals surface area contributed by atoms with Crippen LogP contribution in [0.2, 0.25) is 0 Å². The lowest BCUT2D eigenvalue weighted by molar-refractivity contribution is 0.346. The summed E-state index contributed by atoms with van der Waals surface area (Å²) in [5, 5.41) is 0. The maximum Gasteiger partial charge on any atom is 0.323 e. The fraction of sp³-hybridized carbons (Fsp3) is 0.500. The van der Waals surface area contributed by atoms with Crippen LogP contribution in [-0.4, -0.2) is 56.5 Å². The first kappa shape index (κ1) is 18.1. The van der Waals surface area contributed by atoms with Crippen LogP contribution in [0.4, 0.5) is 0 Å². The monoisotopic (exact) mass is 388 g/mol. The number of benzene rings is 1. The molecule has 1 fully saturated rings. The Bertz CT molecular complexity index is 1020. The van der Waals surface area contributed by atoms with E-state index in [4.69, 9.17) is 0 Å². The Morgan fingerprint density at radius 3 is 2.40 bits per heavy atom. The number of sulfonamides is 2. The normalized spacial score (nSPS) is 17.1. The van der Waals surface area contributed by atoms with Crippen molar-refractivity contribution in [2.24, 2.45) is 0 Å². The molecule has 2 aromatic rings. The minimum absolute atomic E-state index is 0.0365. The highest BCUT2D eigenvalue weighted by Crippen LogP contribution is 2.16. The second-order valence-electron chi connectivity index (χ2n) is 5.96. The van der Waals surface area contributed by atoms with E-state index >= 15 is 0 Å². The number of H-pyrrole nitrogens is 2. The van der Waals surface area contributed by atoms with Crippen molar-refractivity contribution in [1.29, 1.82) is 0 Å². The smallest absolute Gasteiger partial charge is 0.306 e. The minimum atomic E-state index is -3.86. The molecule has 25 heavy (non-hydrogen) atoms. The van der Waals surface area contributed by atoms with Gasteiger partial charge >= 0.3 is 5.69 Å². The van der Waals surface area contributed by atoms with Gasteiger partial charge in [0, 0.05) is 19.6 Å². The number of nitrogens with zero attached hydrogens (tertiary/aromatic N) is 1. The third kappa shape index (κ3) is 4.11. The van der Waals surface area contributed by atoms with Crippen LogP contribution in [-0.2, 0) is 20.0 Å². The number of aromatic nitrogens is 2. The van der Waals surface area contributed by atoms with Crippen molar-refractivity contribution in [3.8, 4) is 0 Å². The standard InChI is InChI=1S/C14H20N4O5S2/c19-14-16-12-5-4-11(10-13(12)17-14)25(22,23)15-6-9-24(20,21)18-7-2-1-3-8-18/h4-5,10,15H,1-3,6-9H2,(H2,16,17,19). The van der Waals surface area contributed by atoms with E-state index in [1.54, 1.807) is 0 Å². The van der Waals surface area contributed by atoms with E-state index in [0.29, 0.717) is 24.1 Å². The van der Waals surface area contributed by atoms with Crippen LogP contribution >= 0.6 is 0 Å². The van der Waals surface area contributed by atoms with E-state index in [1.165, 1.54) is 22.5 Å². The summed E-state index contributed by atoms with van der Waals surface area (Å²) in [4.78, 5) is 16.2. The molecule has 3 N–H and O–H groups in total. The molecule has 0 spiro atoms. The van der Waals surface area contributed by atoms with Crippen molar-refractivity contribution < 1.29 is 16.8 Å². The number of hydrogen-bond donors (Lipinski definition) is 3. The molecule has 1 aliphatic heterocycles. The second-order valence-corrected chi connectivity index (χ2v) is 9.82. The van der Waals surface area contributed by atoms with Crippen LogP contribution < -0.4 is 10.4 Å². The molecule has 0 saturated carbocycles. The summed E-state index contributed by atoms with van der Waals surface area (Å²) in [5.41, 5.74) is 0.440. The average molecular weight is 388 g/mol. The van der Waals surface area contributed by atoms with E-state index in [9.17, 15) is 21.6 Å². The van der Waals surface area contributed by atoms with Gasteiger partial charge in [0.15, 0.2) is 0 Å². The number of aromatic amines is 2. The van der Waals surface area contributed by atoms with Crippen LogP contribution in [0.5, 0.6) is 0 Å². The zero-order valence-electron chi connectivity index (χ0n) is 13.5. The van der Waals surface area contributed by atoms with Crippen LogP contribution in [0.25, 0.3) is 11.0 Å². The van der Waals surface area contributed by atoms with E-state index in [-0.39, 0.29) is 17.2 Å². The van der Waals surface area contributed by atoms with Gasteiger partial charge in [0.05, 0.1) is 21.7 Å². The van der Waals surface area contributed by atoms with Gasteiger partial charge in [-0.2, -0.15) is 0 Å². The molecule has 3 rings (SSSR count). The fourth-order valence-corrected chi connectivity index (χ4v) is 5.46. The molecule has 0 atom stereocenters. The number of nitrogens with one attached hydrogen (secondary N) is 3. The Kier molecular flexibility index (Phi) is 5.00. The Labute approximate surface area is 145 Å². The van der Waals surface area contributed by atoms with Gasteiger partial charge in [-0.3, -0.25) is 0 Å². The van der Waals surface area contributed by atoms with E-state index in [2.05, 4.69) is 14.7 Å². The Hall–Kier alpha value is -1.69. The molecule has 138 valence electrons. The SMILES string of the molecule is O=c1[nH]c2ccc(S(=O)(=O)NCCS(=O)(=O)N3CCCCC3)cc2[nH]1. The van der Waals surface area contributed by atoms with Crippen molar-refractivity contribution in [3.05, 3.63) is 28.7 Å². The molecule has 0 unspecified atom stereocenters. The maximum atomic E-state index is 12.3. The summed E-state index contributed by atoms with van der Waals surface area (Å²) in [6.07, 6.45) is 2.68. The van der Waals surface area contributed by atoms with Crippen LogP contribution in [0, 0.1) is 0 Å². The quantitative estimate of drug-likeness (QED) is 0.638. The predicted molar refractivity (Wildman–Crippen MR) is 93.3 cm³/mol. The lowest BCUT2D eigenvalue weighted by Crippen LogP contribution is -2.40. The van der Waals surface area contributed by atoms with E-state index < -0.39 is 25.7 Å². The molecule has 11 heteroatoms.